The Morgan fingerprint density at radius 2 is 1.96 bits per heavy atom. The van der Waals surface area contributed by atoms with E-state index in [0.717, 1.165) is 44.2 Å². The van der Waals surface area contributed by atoms with Gasteiger partial charge in [-0.15, -0.1) is 0 Å². The fourth-order valence-electron chi connectivity index (χ4n) is 2.79. The van der Waals surface area contributed by atoms with Crippen molar-refractivity contribution in [2.24, 2.45) is 0 Å². The summed E-state index contributed by atoms with van der Waals surface area (Å²) in [5.74, 6) is 1.46. The van der Waals surface area contributed by atoms with Gasteiger partial charge in [0.1, 0.15) is 0 Å². The molecular weight excluding hydrogens is 296 g/mol. The standard InChI is InChI=1S/C17H24N2O4/c1-17(2,13-3-4-14-15(11-13)23-12-22-14)16(20)18-5-6-19-7-9-21-10-8-19/h3-4,11H,5-10,12H2,1-2H3,(H,18,20). The zero-order valence-corrected chi connectivity index (χ0v) is 13.8. The summed E-state index contributed by atoms with van der Waals surface area (Å²) >= 11 is 0. The molecule has 0 aromatic heterocycles. The number of nitrogens with one attached hydrogen (secondary N) is 1. The minimum absolute atomic E-state index is 0.0182. The fraction of sp³-hybridized carbons (Fsp3) is 0.588. The van der Waals surface area contributed by atoms with Crippen molar-refractivity contribution in [1.82, 2.24) is 10.2 Å². The van der Waals surface area contributed by atoms with Gasteiger partial charge in [0.15, 0.2) is 11.5 Å². The number of carbonyl (C=O) groups is 1. The third kappa shape index (κ3) is 3.59. The second-order valence-corrected chi connectivity index (χ2v) is 6.40. The highest BCUT2D eigenvalue weighted by molar-refractivity contribution is 5.87. The van der Waals surface area contributed by atoms with Crippen molar-refractivity contribution in [3.8, 4) is 11.5 Å². The van der Waals surface area contributed by atoms with Gasteiger partial charge >= 0.3 is 0 Å². The van der Waals surface area contributed by atoms with Gasteiger partial charge in [0, 0.05) is 26.2 Å². The highest BCUT2D eigenvalue weighted by atomic mass is 16.7. The van der Waals surface area contributed by atoms with Crippen molar-refractivity contribution in [3.63, 3.8) is 0 Å². The summed E-state index contributed by atoms with van der Waals surface area (Å²) in [4.78, 5) is 14.9. The lowest BCUT2D eigenvalue weighted by Crippen LogP contribution is -2.45. The molecule has 0 radical (unpaired) electrons. The molecule has 1 aromatic carbocycles. The van der Waals surface area contributed by atoms with Crippen LogP contribution in [-0.4, -0.2) is 57.0 Å². The number of fused-ring (bicyclic) bond motifs is 1. The summed E-state index contributed by atoms with van der Waals surface area (Å²) in [5.41, 5.74) is 0.303. The van der Waals surface area contributed by atoms with E-state index in [0.29, 0.717) is 12.3 Å². The summed E-state index contributed by atoms with van der Waals surface area (Å²) in [6.07, 6.45) is 0. The van der Waals surface area contributed by atoms with E-state index in [2.05, 4.69) is 10.2 Å². The average molecular weight is 320 g/mol. The zero-order valence-electron chi connectivity index (χ0n) is 13.8. The van der Waals surface area contributed by atoms with Crippen LogP contribution in [0.15, 0.2) is 18.2 Å². The number of hydrogen-bond acceptors (Lipinski definition) is 5. The Morgan fingerprint density at radius 1 is 1.22 bits per heavy atom. The van der Waals surface area contributed by atoms with Crippen LogP contribution in [0.5, 0.6) is 11.5 Å². The Labute approximate surface area is 136 Å². The average Bonchev–Trinajstić information content (AvgIpc) is 3.03. The first kappa shape index (κ1) is 16.1. The molecule has 0 saturated carbocycles. The molecule has 6 nitrogen and oxygen atoms in total. The lowest BCUT2D eigenvalue weighted by Gasteiger charge is -2.28. The number of nitrogens with zero attached hydrogens (tertiary/aromatic N) is 1. The van der Waals surface area contributed by atoms with Crippen LogP contribution in [0.1, 0.15) is 19.4 Å². The summed E-state index contributed by atoms with van der Waals surface area (Å²) < 4.78 is 16.0. The Kier molecular flexibility index (Phi) is 4.73. The molecule has 0 atom stereocenters. The Bertz CT molecular complexity index is 568. The van der Waals surface area contributed by atoms with E-state index in [1.807, 2.05) is 32.0 Å². The smallest absolute Gasteiger partial charge is 0.231 e. The lowest BCUT2D eigenvalue weighted by molar-refractivity contribution is -0.125. The largest absolute Gasteiger partial charge is 0.454 e. The number of amides is 1. The first-order valence-electron chi connectivity index (χ1n) is 8.06. The van der Waals surface area contributed by atoms with Gasteiger partial charge in [-0.2, -0.15) is 0 Å². The van der Waals surface area contributed by atoms with Gasteiger partial charge in [-0.25, -0.2) is 0 Å². The van der Waals surface area contributed by atoms with Crippen LogP contribution in [-0.2, 0) is 14.9 Å². The van der Waals surface area contributed by atoms with Crippen LogP contribution in [0.4, 0.5) is 0 Å². The summed E-state index contributed by atoms with van der Waals surface area (Å²) in [6.45, 7) is 9.00. The summed E-state index contributed by atoms with van der Waals surface area (Å²) in [5, 5.41) is 3.04. The molecule has 2 heterocycles. The van der Waals surface area contributed by atoms with E-state index in [1.165, 1.54) is 0 Å². The zero-order chi connectivity index (χ0) is 16.3. The second-order valence-electron chi connectivity index (χ2n) is 6.40. The fourth-order valence-corrected chi connectivity index (χ4v) is 2.79. The highest BCUT2D eigenvalue weighted by Gasteiger charge is 2.31. The molecule has 1 amide bonds. The molecule has 1 N–H and O–H groups in total. The number of carbonyl (C=O) groups excluding carboxylic acids is 1. The van der Waals surface area contributed by atoms with Gasteiger partial charge in [-0.3, -0.25) is 9.69 Å². The summed E-state index contributed by atoms with van der Waals surface area (Å²) in [7, 11) is 0. The molecule has 0 aliphatic carbocycles. The van der Waals surface area contributed by atoms with E-state index < -0.39 is 5.41 Å². The molecule has 1 aromatic rings. The van der Waals surface area contributed by atoms with Gasteiger partial charge in [-0.05, 0) is 31.5 Å². The summed E-state index contributed by atoms with van der Waals surface area (Å²) in [6, 6.07) is 5.68. The number of benzene rings is 1. The predicted molar refractivity (Wildman–Crippen MR) is 85.9 cm³/mol. The third-order valence-electron chi connectivity index (χ3n) is 4.48. The lowest BCUT2D eigenvalue weighted by atomic mass is 9.83. The maximum atomic E-state index is 12.6. The van der Waals surface area contributed by atoms with E-state index in [-0.39, 0.29) is 12.7 Å². The maximum Gasteiger partial charge on any atom is 0.231 e. The van der Waals surface area contributed by atoms with Crippen molar-refractivity contribution >= 4 is 5.91 Å². The highest BCUT2D eigenvalue weighted by Crippen LogP contribution is 2.36. The quantitative estimate of drug-likeness (QED) is 0.882. The molecule has 126 valence electrons. The van der Waals surface area contributed by atoms with Gasteiger partial charge in [0.2, 0.25) is 12.7 Å². The number of rotatable bonds is 5. The SMILES string of the molecule is CC(C)(C(=O)NCCN1CCOCC1)c1ccc2c(c1)OCO2. The molecule has 0 bridgehead atoms. The first-order chi connectivity index (χ1) is 11.1. The number of morpholine rings is 1. The predicted octanol–water partition coefficient (Wildman–Crippen LogP) is 1.14. The van der Waals surface area contributed by atoms with Crippen molar-refractivity contribution < 1.29 is 19.0 Å². The maximum absolute atomic E-state index is 12.6. The van der Waals surface area contributed by atoms with Gasteiger partial charge in [0.25, 0.3) is 0 Å². The molecule has 1 fully saturated rings. The Balaban J connectivity index is 1.56. The number of ether oxygens (including phenoxy) is 3. The Hall–Kier alpha value is -1.79. The van der Waals surface area contributed by atoms with Crippen LogP contribution >= 0.6 is 0 Å². The molecule has 1 saturated heterocycles. The van der Waals surface area contributed by atoms with Crippen molar-refractivity contribution in [1.29, 1.82) is 0 Å². The molecule has 2 aliphatic rings. The van der Waals surface area contributed by atoms with Crippen LogP contribution in [0.3, 0.4) is 0 Å². The van der Waals surface area contributed by atoms with Crippen LogP contribution in [0.2, 0.25) is 0 Å². The number of hydrogen-bond donors (Lipinski definition) is 1. The molecule has 6 heteroatoms. The van der Waals surface area contributed by atoms with E-state index >= 15 is 0 Å². The van der Waals surface area contributed by atoms with Gasteiger partial charge < -0.3 is 19.5 Å². The van der Waals surface area contributed by atoms with E-state index in [9.17, 15) is 4.79 Å². The Morgan fingerprint density at radius 3 is 2.74 bits per heavy atom. The molecular formula is C17H24N2O4. The van der Waals surface area contributed by atoms with Gasteiger partial charge in [0.05, 0.1) is 18.6 Å². The molecule has 3 rings (SSSR count). The van der Waals surface area contributed by atoms with Crippen LogP contribution in [0, 0.1) is 0 Å². The first-order valence-corrected chi connectivity index (χ1v) is 8.06. The molecule has 23 heavy (non-hydrogen) atoms. The second kappa shape index (κ2) is 6.76. The molecule has 0 unspecified atom stereocenters. The topological polar surface area (TPSA) is 60.0 Å². The van der Waals surface area contributed by atoms with E-state index in [1.54, 1.807) is 0 Å². The molecule has 2 aliphatic heterocycles. The minimum atomic E-state index is -0.619. The van der Waals surface area contributed by atoms with E-state index in [4.69, 9.17) is 14.2 Å². The van der Waals surface area contributed by atoms with Crippen molar-refractivity contribution in [3.05, 3.63) is 23.8 Å². The molecule has 0 spiro atoms. The van der Waals surface area contributed by atoms with Crippen molar-refractivity contribution in [2.75, 3.05) is 46.2 Å². The van der Waals surface area contributed by atoms with Gasteiger partial charge in [-0.1, -0.05) is 6.07 Å². The van der Waals surface area contributed by atoms with Crippen LogP contribution < -0.4 is 14.8 Å². The monoisotopic (exact) mass is 320 g/mol. The van der Waals surface area contributed by atoms with Crippen LogP contribution in [0.25, 0.3) is 0 Å². The normalized spacial score (nSPS) is 18.0. The minimum Gasteiger partial charge on any atom is -0.454 e. The van der Waals surface area contributed by atoms with Crippen molar-refractivity contribution in [2.45, 2.75) is 19.3 Å². The third-order valence-corrected chi connectivity index (χ3v) is 4.48.